The molecule has 0 saturated carbocycles. The number of rotatable bonds is 6. The number of methoxy groups -OCH3 is 1. The fourth-order valence-electron chi connectivity index (χ4n) is 4.42. The fraction of sp³-hybridized carbons (Fsp3) is 0.333. The summed E-state index contributed by atoms with van der Waals surface area (Å²) in [6.07, 6.45) is -0.896. The number of halogens is 1. The van der Waals surface area contributed by atoms with E-state index in [0.29, 0.717) is 40.2 Å². The average Bonchev–Trinajstić information content (AvgIpc) is 3.14. The minimum Gasteiger partial charge on any atom is -0.480 e. The summed E-state index contributed by atoms with van der Waals surface area (Å²) in [6, 6.07) is 3.83. The maximum Gasteiger partial charge on any atom is 0.338 e. The van der Waals surface area contributed by atoms with Crippen molar-refractivity contribution in [3.05, 3.63) is 58.9 Å². The number of oxime groups is 1. The van der Waals surface area contributed by atoms with Crippen molar-refractivity contribution in [3.63, 3.8) is 0 Å². The highest BCUT2D eigenvalue weighted by atomic mass is 19.1. The SMILES string of the molecule is COc1cncc(-c2cc(F)ccc2C2Cc3nc(N)nc(C)c3C(=NOCC3OC(=O)C(O)C3O)N2)n1. The topological polar surface area (TPSA) is 187 Å². The average molecular weight is 525 g/mol. The molecule has 0 amide bonds. The third kappa shape index (κ3) is 4.78. The Labute approximate surface area is 215 Å². The number of aliphatic hydroxyl groups excluding tert-OH is 2. The lowest BCUT2D eigenvalue weighted by molar-refractivity contribution is -0.148. The van der Waals surface area contributed by atoms with Crippen LogP contribution in [0.2, 0.25) is 0 Å². The Hall–Kier alpha value is -4.43. The van der Waals surface area contributed by atoms with E-state index in [1.165, 1.54) is 31.6 Å². The number of carbonyl (C=O) groups excluding carboxylic acids is 1. The minimum absolute atomic E-state index is 0.0788. The predicted molar refractivity (Wildman–Crippen MR) is 129 cm³/mol. The molecule has 0 aliphatic carbocycles. The largest absolute Gasteiger partial charge is 0.480 e. The van der Waals surface area contributed by atoms with Gasteiger partial charge in [-0.15, -0.1) is 0 Å². The molecule has 198 valence electrons. The molecule has 38 heavy (non-hydrogen) atoms. The second-order valence-electron chi connectivity index (χ2n) is 8.71. The molecule has 14 heteroatoms. The van der Waals surface area contributed by atoms with Crippen LogP contribution in [0, 0.1) is 12.7 Å². The van der Waals surface area contributed by atoms with Crippen LogP contribution in [0.4, 0.5) is 10.3 Å². The zero-order valence-corrected chi connectivity index (χ0v) is 20.3. The summed E-state index contributed by atoms with van der Waals surface area (Å²) >= 11 is 0. The molecule has 5 rings (SSSR count). The van der Waals surface area contributed by atoms with E-state index in [1.54, 1.807) is 13.0 Å². The number of nitrogens with one attached hydrogen (secondary N) is 1. The number of benzene rings is 1. The van der Waals surface area contributed by atoms with Gasteiger partial charge in [0.1, 0.15) is 11.9 Å². The summed E-state index contributed by atoms with van der Waals surface area (Å²) < 4.78 is 24.4. The first-order chi connectivity index (χ1) is 18.2. The number of hydrogen-bond donors (Lipinski definition) is 4. The number of esters is 1. The van der Waals surface area contributed by atoms with E-state index in [-0.39, 0.29) is 24.3 Å². The molecule has 5 N–H and O–H groups in total. The molecular formula is C24H24FN7O6. The van der Waals surface area contributed by atoms with Crippen LogP contribution >= 0.6 is 0 Å². The van der Waals surface area contributed by atoms with Crippen LogP contribution in [-0.2, 0) is 20.8 Å². The normalized spacial score (nSPS) is 23.5. The number of cyclic esters (lactones) is 1. The van der Waals surface area contributed by atoms with Gasteiger partial charge < -0.3 is 35.6 Å². The van der Waals surface area contributed by atoms with Gasteiger partial charge in [0, 0.05) is 12.0 Å². The highest BCUT2D eigenvalue weighted by molar-refractivity contribution is 6.01. The first kappa shape index (κ1) is 25.2. The van der Waals surface area contributed by atoms with Crippen molar-refractivity contribution in [2.24, 2.45) is 5.16 Å². The smallest absolute Gasteiger partial charge is 0.338 e. The lowest BCUT2D eigenvalue weighted by Gasteiger charge is -2.29. The van der Waals surface area contributed by atoms with E-state index in [0.717, 1.165) is 0 Å². The van der Waals surface area contributed by atoms with Gasteiger partial charge in [-0.05, 0) is 24.6 Å². The van der Waals surface area contributed by atoms with E-state index in [9.17, 15) is 19.4 Å². The van der Waals surface area contributed by atoms with Gasteiger partial charge in [-0.3, -0.25) is 4.98 Å². The molecule has 2 aliphatic rings. The minimum atomic E-state index is -1.65. The second-order valence-corrected chi connectivity index (χ2v) is 8.71. The Balaban J connectivity index is 1.50. The number of carbonyl (C=O) groups is 1. The number of ether oxygens (including phenoxy) is 2. The Morgan fingerprint density at radius 3 is 2.82 bits per heavy atom. The Kier molecular flexibility index (Phi) is 6.73. The monoisotopic (exact) mass is 525 g/mol. The van der Waals surface area contributed by atoms with Gasteiger partial charge in [0.2, 0.25) is 11.8 Å². The number of hydrogen-bond acceptors (Lipinski definition) is 12. The van der Waals surface area contributed by atoms with E-state index in [2.05, 4.69) is 30.4 Å². The highest BCUT2D eigenvalue weighted by Crippen LogP contribution is 2.34. The van der Waals surface area contributed by atoms with E-state index < -0.39 is 36.1 Å². The lowest BCUT2D eigenvalue weighted by Crippen LogP contribution is -2.38. The number of amidine groups is 1. The maximum absolute atomic E-state index is 14.4. The highest BCUT2D eigenvalue weighted by Gasteiger charge is 2.43. The van der Waals surface area contributed by atoms with Crippen molar-refractivity contribution in [3.8, 4) is 17.1 Å². The van der Waals surface area contributed by atoms with Gasteiger partial charge in [0.25, 0.3) is 0 Å². The van der Waals surface area contributed by atoms with Crippen molar-refractivity contribution < 1.29 is 33.7 Å². The van der Waals surface area contributed by atoms with Gasteiger partial charge in [0.15, 0.2) is 24.7 Å². The van der Waals surface area contributed by atoms with Gasteiger partial charge >= 0.3 is 5.97 Å². The molecule has 4 heterocycles. The van der Waals surface area contributed by atoms with E-state index in [4.69, 9.17) is 20.0 Å². The van der Waals surface area contributed by atoms with Crippen LogP contribution in [0.15, 0.2) is 35.7 Å². The quantitative estimate of drug-likeness (QED) is 0.253. The lowest BCUT2D eigenvalue weighted by atomic mass is 9.90. The zero-order chi connectivity index (χ0) is 27.0. The molecular weight excluding hydrogens is 501 g/mol. The molecule has 4 unspecified atom stereocenters. The van der Waals surface area contributed by atoms with Crippen LogP contribution in [-0.4, -0.2) is 74.0 Å². The second kappa shape index (κ2) is 10.1. The number of fused-ring (bicyclic) bond motifs is 1. The van der Waals surface area contributed by atoms with E-state index in [1.807, 2.05) is 0 Å². The van der Waals surface area contributed by atoms with Crippen LogP contribution < -0.4 is 15.8 Å². The number of aliphatic hydroxyl groups is 2. The number of aryl methyl sites for hydroxylation is 1. The van der Waals surface area contributed by atoms with Gasteiger partial charge in [-0.25, -0.2) is 24.1 Å². The van der Waals surface area contributed by atoms with Crippen molar-refractivity contribution in [1.82, 2.24) is 25.3 Å². The van der Waals surface area contributed by atoms with Crippen molar-refractivity contribution in [2.45, 2.75) is 37.7 Å². The third-order valence-corrected chi connectivity index (χ3v) is 6.22. The number of aromatic nitrogens is 4. The van der Waals surface area contributed by atoms with Gasteiger partial charge in [-0.2, -0.15) is 0 Å². The van der Waals surface area contributed by atoms with Gasteiger partial charge in [-0.1, -0.05) is 11.2 Å². The molecule has 1 aromatic carbocycles. The van der Waals surface area contributed by atoms with Crippen LogP contribution in [0.25, 0.3) is 11.3 Å². The summed E-state index contributed by atoms with van der Waals surface area (Å²) in [4.78, 5) is 34.0. The molecule has 0 radical (unpaired) electrons. The number of nitrogen functional groups attached to an aromatic ring is 1. The summed E-state index contributed by atoms with van der Waals surface area (Å²) in [5, 5.41) is 27.0. The first-order valence-corrected chi connectivity index (χ1v) is 11.6. The molecule has 0 spiro atoms. The van der Waals surface area contributed by atoms with Crippen LogP contribution in [0.1, 0.15) is 28.6 Å². The molecule has 3 aromatic rings. The van der Waals surface area contributed by atoms with Crippen LogP contribution in [0.3, 0.4) is 0 Å². The van der Waals surface area contributed by atoms with Crippen molar-refractivity contribution >= 4 is 17.8 Å². The summed E-state index contributed by atoms with van der Waals surface area (Å²) in [7, 11) is 1.46. The Morgan fingerprint density at radius 2 is 2.08 bits per heavy atom. The van der Waals surface area contributed by atoms with Gasteiger partial charge in [0.05, 0.1) is 48.2 Å². The number of anilines is 1. The molecule has 1 fully saturated rings. The zero-order valence-electron chi connectivity index (χ0n) is 20.3. The Morgan fingerprint density at radius 1 is 1.26 bits per heavy atom. The summed E-state index contributed by atoms with van der Waals surface area (Å²) in [5.74, 6) is -0.804. The summed E-state index contributed by atoms with van der Waals surface area (Å²) in [5.41, 5.74) is 9.14. The number of nitrogens with zero attached hydrogens (tertiary/aromatic N) is 5. The standard InChI is InChI=1S/C24H24FN7O6/c1-10-19-15(31-24(26)28-10)6-14(30-22(19)32-37-9-17-20(33)21(34)23(35)38-17)12-4-3-11(25)5-13(12)16-7-27-8-18(29-16)36-2/h3-5,7-8,14,17,20-21,33-34H,6,9H2,1-2H3,(H,30,32)(H2,26,28,31). The molecule has 4 atom stereocenters. The maximum atomic E-state index is 14.4. The Bertz CT molecular complexity index is 1420. The molecule has 2 aliphatic heterocycles. The molecule has 13 nitrogen and oxygen atoms in total. The number of nitrogens with two attached hydrogens (primary N) is 1. The molecule has 2 aromatic heterocycles. The summed E-state index contributed by atoms with van der Waals surface area (Å²) in [6.45, 7) is 1.42. The third-order valence-electron chi connectivity index (χ3n) is 6.22. The first-order valence-electron chi connectivity index (χ1n) is 11.6. The van der Waals surface area contributed by atoms with Crippen molar-refractivity contribution in [2.75, 3.05) is 19.5 Å². The van der Waals surface area contributed by atoms with Crippen molar-refractivity contribution in [1.29, 1.82) is 0 Å². The predicted octanol–water partition coefficient (Wildman–Crippen LogP) is 0.184. The fourth-order valence-corrected chi connectivity index (χ4v) is 4.42. The van der Waals surface area contributed by atoms with E-state index >= 15 is 0 Å². The molecule has 1 saturated heterocycles. The molecule has 0 bridgehead atoms. The van der Waals surface area contributed by atoms with Crippen LogP contribution in [0.5, 0.6) is 5.88 Å².